The number of nitrogens with one attached hydrogen (secondary N) is 1. The highest BCUT2D eigenvalue weighted by Crippen LogP contribution is 2.61. The Morgan fingerprint density at radius 2 is 1.65 bits per heavy atom. The van der Waals surface area contributed by atoms with E-state index in [1.165, 1.54) is 38.5 Å². The maximum absolute atomic E-state index is 12.3. The van der Waals surface area contributed by atoms with Crippen molar-refractivity contribution < 1.29 is 4.79 Å². The zero-order valence-electron chi connectivity index (χ0n) is 14.0. The number of hydrogen-bond donors (Lipinski definition) is 1. The summed E-state index contributed by atoms with van der Waals surface area (Å²) in [6.07, 6.45) is 12.0. The number of carbonyl (C=O) groups is 1. The summed E-state index contributed by atoms with van der Waals surface area (Å²) in [5.41, 5.74) is 1.45. The van der Waals surface area contributed by atoms with Crippen molar-refractivity contribution in [2.24, 2.45) is 23.2 Å². The zero-order chi connectivity index (χ0) is 15.9. The third kappa shape index (κ3) is 2.96. The van der Waals surface area contributed by atoms with Gasteiger partial charge in [0, 0.05) is 12.1 Å². The molecule has 1 N–H and O–H groups in total. The van der Waals surface area contributed by atoms with Gasteiger partial charge in [-0.2, -0.15) is 0 Å². The van der Waals surface area contributed by atoms with Crippen LogP contribution in [-0.2, 0) is 4.79 Å². The molecule has 0 radical (unpaired) electrons. The van der Waals surface area contributed by atoms with Crippen molar-refractivity contribution in [2.75, 3.05) is 0 Å². The molecule has 1 aromatic carbocycles. The van der Waals surface area contributed by atoms with Gasteiger partial charge in [-0.05, 0) is 80.3 Å². The maximum atomic E-state index is 12.3. The Hall–Kier alpha value is -1.57. The Bertz CT molecular complexity index is 568. The summed E-state index contributed by atoms with van der Waals surface area (Å²) in [5, 5.41) is 3.28. The molecule has 0 unspecified atom stereocenters. The second-order valence-corrected chi connectivity index (χ2v) is 8.25. The first-order valence-corrected chi connectivity index (χ1v) is 9.17. The van der Waals surface area contributed by atoms with Crippen LogP contribution in [0.2, 0.25) is 0 Å². The summed E-state index contributed by atoms with van der Waals surface area (Å²) in [5.74, 6) is 2.85. The van der Waals surface area contributed by atoms with Gasteiger partial charge >= 0.3 is 0 Å². The highest BCUT2D eigenvalue weighted by Gasteiger charge is 2.53. The molecule has 2 nitrogen and oxygen atoms in total. The second kappa shape index (κ2) is 5.81. The average molecular weight is 309 g/mol. The van der Waals surface area contributed by atoms with E-state index in [0.717, 1.165) is 23.3 Å². The summed E-state index contributed by atoms with van der Waals surface area (Å²) in [6, 6.07) is 10.3. The molecule has 0 spiro atoms. The molecule has 4 fully saturated rings. The Morgan fingerprint density at radius 3 is 2.22 bits per heavy atom. The number of rotatable bonds is 4. The van der Waals surface area contributed by atoms with Crippen LogP contribution in [-0.4, -0.2) is 11.9 Å². The van der Waals surface area contributed by atoms with E-state index in [4.69, 9.17) is 0 Å². The molecule has 2 heteroatoms. The van der Waals surface area contributed by atoms with E-state index in [1.54, 1.807) is 6.08 Å². The smallest absolute Gasteiger partial charge is 0.244 e. The molecule has 5 rings (SSSR count). The molecule has 122 valence electrons. The van der Waals surface area contributed by atoms with Crippen molar-refractivity contribution in [3.63, 3.8) is 0 Å². The fraction of sp³-hybridized carbons (Fsp3) is 0.571. The van der Waals surface area contributed by atoms with E-state index in [1.807, 2.05) is 36.4 Å². The second-order valence-electron chi connectivity index (χ2n) is 8.25. The van der Waals surface area contributed by atoms with Crippen LogP contribution in [0.4, 0.5) is 0 Å². The number of hydrogen-bond acceptors (Lipinski definition) is 1. The predicted octanol–water partition coefficient (Wildman–Crippen LogP) is 4.42. The molecule has 4 saturated carbocycles. The van der Waals surface area contributed by atoms with Crippen LogP contribution in [0.15, 0.2) is 36.4 Å². The summed E-state index contributed by atoms with van der Waals surface area (Å²) >= 11 is 0. The van der Waals surface area contributed by atoms with Gasteiger partial charge in [0.2, 0.25) is 5.91 Å². The van der Waals surface area contributed by atoms with E-state index >= 15 is 0 Å². The Kier molecular flexibility index (Phi) is 3.79. The van der Waals surface area contributed by atoms with E-state index in [2.05, 4.69) is 12.2 Å². The Morgan fingerprint density at radius 1 is 1.09 bits per heavy atom. The topological polar surface area (TPSA) is 29.1 Å². The van der Waals surface area contributed by atoms with Gasteiger partial charge in [0.15, 0.2) is 0 Å². The fourth-order valence-corrected chi connectivity index (χ4v) is 5.86. The highest BCUT2D eigenvalue weighted by molar-refractivity contribution is 5.91. The van der Waals surface area contributed by atoms with Crippen molar-refractivity contribution in [1.29, 1.82) is 0 Å². The van der Waals surface area contributed by atoms with Crippen LogP contribution in [0.1, 0.15) is 51.0 Å². The molecule has 0 heterocycles. The summed E-state index contributed by atoms with van der Waals surface area (Å²) in [6.45, 7) is 2.24. The molecule has 1 atom stereocenters. The Labute approximate surface area is 139 Å². The minimum absolute atomic E-state index is 0.0529. The van der Waals surface area contributed by atoms with Gasteiger partial charge < -0.3 is 5.32 Å². The number of carbonyl (C=O) groups excluding carboxylic acids is 1. The van der Waals surface area contributed by atoms with Gasteiger partial charge in [-0.25, -0.2) is 0 Å². The van der Waals surface area contributed by atoms with Crippen molar-refractivity contribution >= 4 is 12.0 Å². The van der Waals surface area contributed by atoms with Gasteiger partial charge in [-0.1, -0.05) is 30.3 Å². The van der Waals surface area contributed by atoms with Gasteiger partial charge in [0.05, 0.1) is 0 Å². The van der Waals surface area contributed by atoms with Crippen LogP contribution in [0, 0.1) is 23.2 Å². The summed E-state index contributed by atoms with van der Waals surface area (Å²) in [4.78, 5) is 12.3. The monoisotopic (exact) mass is 309 g/mol. The molecular weight excluding hydrogens is 282 g/mol. The molecule has 1 aromatic rings. The normalized spacial score (nSPS) is 36.3. The lowest BCUT2D eigenvalue weighted by molar-refractivity contribution is -0.121. The highest BCUT2D eigenvalue weighted by atomic mass is 16.1. The number of amides is 1. The molecule has 1 amide bonds. The third-order valence-electron chi connectivity index (χ3n) is 6.59. The molecular formula is C21H27NO. The molecule has 4 bridgehead atoms. The molecule has 0 aromatic heterocycles. The van der Waals surface area contributed by atoms with E-state index < -0.39 is 0 Å². The quantitative estimate of drug-likeness (QED) is 0.820. The first-order chi connectivity index (χ1) is 11.1. The van der Waals surface area contributed by atoms with Crippen molar-refractivity contribution in [3.05, 3.63) is 42.0 Å². The predicted molar refractivity (Wildman–Crippen MR) is 93.7 cm³/mol. The van der Waals surface area contributed by atoms with Crippen LogP contribution in [0.25, 0.3) is 6.08 Å². The zero-order valence-corrected chi connectivity index (χ0v) is 14.0. The maximum Gasteiger partial charge on any atom is 0.244 e. The van der Waals surface area contributed by atoms with Crippen LogP contribution < -0.4 is 5.32 Å². The Balaban J connectivity index is 1.41. The summed E-state index contributed by atoms with van der Waals surface area (Å²) in [7, 11) is 0. The molecule has 4 aliphatic rings. The molecule has 23 heavy (non-hydrogen) atoms. The third-order valence-corrected chi connectivity index (χ3v) is 6.59. The minimum Gasteiger partial charge on any atom is -0.350 e. The van der Waals surface area contributed by atoms with E-state index in [-0.39, 0.29) is 5.91 Å². The van der Waals surface area contributed by atoms with E-state index in [0.29, 0.717) is 11.5 Å². The largest absolute Gasteiger partial charge is 0.350 e. The first-order valence-electron chi connectivity index (χ1n) is 9.17. The summed E-state index contributed by atoms with van der Waals surface area (Å²) < 4.78 is 0. The molecule has 4 aliphatic carbocycles. The fourth-order valence-electron chi connectivity index (χ4n) is 5.86. The van der Waals surface area contributed by atoms with E-state index in [9.17, 15) is 4.79 Å². The average Bonchev–Trinajstić information content (AvgIpc) is 2.52. The van der Waals surface area contributed by atoms with Gasteiger partial charge in [0.25, 0.3) is 0 Å². The standard InChI is InChI=1S/C21H27NO/c1-15(22-20(23)8-7-16-5-3-2-4-6-16)21-12-17-9-18(13-21)11-19(10-17)14-21/h2-8,15,17-19H,9-14H2,1H3,(H,22,23)/b8-7+/t15-,17?,18?,19?,21?/m0/s1. The number of benzene rings is 1. The lowest BCUT2D eigenvalue weighted by Gasteiger charge is -2.59. The van der Waals surface area contributed by atoms with Crippen LogP contribution >= 0.6 is 0 Å². The van der Waals surface area contributed by atoms with Crippen molar-refractivity contribution in [2.45, 2.75) is 51.5 Å². The van der Waals surface area contributed by atoms with Gasteiger partial charge in [-0.3, -0.25) is 4.79 Å². The first kappa shape index (κ1) is 15.0. The van der Waals surface area contributed by atoms with Crippen molar-refractivity contribution in [3.8, 4) is 0 Å². The van der Waals surface area contributed by atoms with Gasteiger partial charge in [-0.15, -0.1) is 0 Å². The SMILES string of the molecule is C[C@H](NC(=O)/C=C/c1ccccc1)C12CC3CC(CC(C3)C1)C2. The lowest BCUT2D eigenvalue weighted by Crippen LogP contribution is -2.55. The van der Waals surface area contributed by atoms with Gasteiger partial charge in [0.1, 0.15) is 0 Å². The minimum atomic E-state index is 0.0529. The van der Waals surface area contributed by atoms with Crippen LogP contribution in [0.5, 0.6) is 0 Å². The van der Waals surface area contributed by atoms with Crippen LogP contribution in [0.3, 0.4) is 0 Å². The van der Waals surface area contributed by atoms with Crippen molar-refractivity contribution in [1.82, 2.24) is 5.32 Å². The lowest BCUT2D eigenvalue weighted by atomic mass is 9.48. The molecule has 0 aliphatic heterocycles. The molecule has 0 saturated heterocycles.